The Bertz CT molecular complexity index is 472. The molecule has 1 aromatic heterocycles. The van der Waals surface area contributed by atoms with Crippen molar-refractivity contribution in [1.82, 2.24) is 0 Å². The predicted molar refractivity (Wildman–Crippen MR) is 73.6 cm³/mol. The summed E-state index contributed by atoms with van der Waals surface area (Å²) in [6.07, 6.45) is -0.274. The molecule has 0 saturated carbocycles. The van der Waals surface area contributed by atoms with Gasteiger partial charge in [-0.1, -0.05) is 0 Å². The Labute approximate surface area is 115 Å². The van der Waals surface area contributed by atoms with Crippen LogP contribution in [0.4, 0.5) is 10.7 Å². The van der Waals surface area contributed by atoms with Gasteiger partial charge < -0.3 is 15.1 Å². The Morgan fingerprint density at radius 3 is 2.68 bits per heavy atom. The molecule has 7 heteroatoms. The number of thiophene rings is 1. The molecule has 6 nitrogen and oxygen atoms in total. The van der Waals surface area contributed by atoms with Crippen LogP contribution in [0.15, 0.2) is 6.07 Å². The number of rotatable bonds is 4. The van der Waals surface area contributed by atoms with Crippen molar-refractivity contribution in [3.8, 4) is 0 Å². The van der Waals surface area contributed by atoms with Crippen LogP contribution in [0.2, 0.25) is 0 Å². The van der Waals surface area contributed by atoms with Gasteiger partial charge in [-0.3, -0.25) is 10.1 Å². The second kappa shape index (κ2) is 5.44. The highest BCUT2D eigenvalue weighted by Gasteiger charge is 2.32. The van der Waals surface area contributed by atoms with E-state index in [9.17, 15) is 20.3 Å². The molecular formula is C12H18N2O4S. The molecule has 0 bridgehead atoms. The van der Waals surface area contributed by atoms with Crippen LogP contribution in [0.5, 0.6) is 0 Å². The van der Waals surface area contributed by atoms with Crippen LogP contribution in [-0.4, -0.2) is 34.3 Å². The largest absolute Gasteiger partial charge is 0.393 e. The Morgan fingerprint density at radius 1 is 1.53 bits per heavy atom. The molecule has 1 saturated heterocycles. The standard InChI is InChI=1S/C12H18N2O4S/c1-7(15)9-3-4-13(6-9)12-10(14(17)18)5-11(19-12)8(2)16/h5,7-9,15-16H,3-4,6H2,1-2H3/t7?,8-,9?/m0/s1. The minimum absolute atomic E-state index is 0.0483. The van der Waals surface area contributed by atoms with E-state index in [4.69, 9.17) is 0 Å². The molecule has 2 unspecified atom stereocenters. The summed E-state index contributed by atoms with van der Waals surface area (Å²) in [5.41, 5.74) is 0.0483. The van der Waals surface area contributed by atoms with Gasteiger partial charge in [0.2, 0.25) is 0 Å². The molecule has 0 aliphatic carbocycles. The third-order valence-corrected chi connectivity index (χ3v) is 4.87. The third-order valence-electron chi connectivity index (χ3n) is 3.52. The van der Waals surface area contributed by atoms with Crippen LogP contribution in [0.25, 0.3) is 0 Å². The molecule has 2 rings (SSSR count). The molecule has 1 fully saturated rings. The SMILES string of the molecule is CC(O)C1CCN(c2sc([C@H](C)O)cc2[N+](=O)[O-])C1. The Morgan fingerprint density at radius 2 is 2.21 bits per heavy atom. The molecule has 106 valence electrons. The van der Waals surface area contributed by atoms with Crippen molar-refractivity contribution in [1.29, 1.82) is 0 Å². The number of aliphatic hydroxyl groups excluding tert-OH is 2. The van der Waals surface area contributed by atoms with Gasteiger partial charge in [0.15, 0.2) is 5.00 Å². The Kier molecular flexibility index (Phi) is 4.07. The van der Waals surface area contributed by atoms with Gasteiger partial charge in [-0.2, -0.15) is 0 Å². The first-order valence-corrected chi connectivity index (χ1v) is 7.11. The average molecular weight is 286 g/mol. The molecule has 0 amide bonds. The average Bonchev–Trinajstić information content (AvgIpc) is 2.95. The van der Waals surface area contributed by atoms with E-state index < -0.39 is 17.1 Å². The summed E-state index contributed by atoms with van der Waals surface area (Å²) in [5, 5.41) is 30.8. The zero-order chi connectivity index (χ0) is 14.2. The predicted octanol–water partition coefficient (Wildman–Crippen LogP) is 1.92. The van der Waals surface area contributed by atoms with E-state index in [0.717, 1.165) is 6.42 Å². The Hall–Kier alpha value is -1.18. The Balaban J connectivity index is 2.26. The summed E-state index contributed by atoms with van der Waals surface area (Å²) in [6, 6.07) is 1.44. The molecule has 3 atom stereocenters. The second-order valence-corrected chi connectivity index (χ2v) is 6.07. The van der Waals surface area contributed by atoms with Crippen molar-refractivity contribution in [2.45, 2.75) is 32.5 Å². The number of hydrogen-bond donors (Lipinski definition) is 2. The number of hydrogen-bond acceptors (Lipinski definition) is 6. The third kappa shape index (κ3) is 2.88. The van der Waals surface area contributed by atoms with Gasteiger partial charge in [-0.25, -0.2) is 0 Å². The lowest BCUT2D eigenvalue weighted by atomic mass is 10.0. The summed E-state index contributed by atoms with van der Waals surface area (Å²) in [4.78, 5) is 13.2. The van der Waals surface area contributed by atoms with Crippen molar-refractivity contribution in [2.24, 2.45) is 5.92 Å². The molecule has 1 aromatic rings. The van der Waals surface area contributed by atoms with Gasteiger partial charge in [-0.15, -0.1) is 11.3 Å². The topological polar surface area (TPSA) is 86.8 Å². The summed E-state index contributed by atoms with van der Waals surface area (Å²) < 4.78 is 0. The molecule has 0 aromatic carbocycles. The summed E-state index contributed by atoms with van der Waals surface area (Å²) in [5.74, 6) is 0.150. The molecule has 0 radical (unpaired) electrons. The van der Waals surface area contributed by atoms with Gasteiger partial charge >= 0.3 is 5.69 Å². The highest BCUT2D eigenvalue weighted by molar-refractivity contribution is 7.16. The molecular weight excluding hydrogens is 268 g/mol. The minimum Gasteiger partial charge on any atom is -0.393 e. The zero-order valence-corrected chi connectivity index (χ0v) is 11.8. The fourth-order valence-electron chi connectivity index (χ4n) is 2.32. The molecule has 19 heavy (non-hydrogen) atoms. The lowest BCUT2D eigenvalue weighted by Gasteiger charge is -2.17. The van der Waals surface area contributed by atoms with E-state index >= 15 is 0 Å². The maximum Gasteiger partial charge on any atom is 0.304 e. The van der Waals surface area contributed by atoms with E-state index in [1.807, 2.05) is 4.90 Å². The molecule has 2 N–H and O–H groups in total. The van der Waals surface area contributed by atoms with Crippen LogP contribution >= 0.6 is 11.3 Å². The fraction of sp³-hybridized carbons (Fsp3) is 0.667. The monoisotopic (exact) mass is 286 g/mol. The number of anilines is 1. The van der Waals surface area contributed by atoms with Gasteiger partial charge in [0, 0.05) is 30.0 Å². The number of aliphatic hydroxyl groups is 2. The van der Waals surface area contributed by atoms with Crippen LogP contribution in [0.3, 0.4) is 0 Å². The van der Waals surface area contributed by atoms with Crippen molar-refractivity contribution in [3.05, 3.63) is 21.1 Å². The molecule has 2 heterocycles. The van der Waals surface area contributed by atoms with Crippen molar-refractivity contribution in [2.75, 3.05) is 18.0 Å². The number of nitrogens with zero attached hydrogens (tertiary/aromatic N) is 2. The van der Waals surface area contributed by atoms with E-state index in [0.29, 0.717) is 23.0 Å². The summed E-state index contributed by atoms with van der Waals surface area (Å²) in [6.45, 7) is 4.68. The first-order valence-electron chi connectivity index (χ1n) is 6.29. The molecule has 1 aliphatic heterocycles. The maximum atomic E-state index is 11.1. The van der Waals surface area contributed by atoms with Crippen LogP contribution < -0.4 is 4.90 Å². The highest BCUT2D eigenvalue weighted by Crippen LogP contribution is 2.42. The fourth-order valence-corrected chi connectivity index (χ4v) is 3.42. The second-order valence-electron chi connectivity index (χ2n) is 5.01. The van der Waals surface area contributed by atoms with Gasteiger partial charge in [0.05, 0.1) is 17.1 Å². The van der Waals surface area contributed by atoms with Gasteiger partial charge in [0.25, 0.3) is 0 Å². The van der Waals surface area contributed by atoms with E-state index in [2.05, 4.69) is 0 Å². The maximum absolute atomic E-state index is 11.1. The lowest BCUT2D eigenvalue weighted by molar-refractivity contribution is -0.383. The van der Waals surface area contributed by atoms with Crippen molar-refractivity contribution in [3.63, 3.8) is 0 Å². The van der Waals surface area contributed by atoms with Gasteiger partial charge in [0.1, 0.15) is 0 Å². The quantitative estimate of drug-likeness (QED) is 0.652. The van der Waals surface area contributed by atoms with E-state index in [1.54, 1.807) is 13.8 Å². The normalized spacial score (nSPS) is 22.5. The number of nitro groups is 1. The zero-order valence-electron chi connectivity index (χ0n) is 10.9. The summed E-state index contributed by atoms with van der Waals surface area (Å²) in [7, 11) is 0. The van der Waals surface area contributed by atoms with Crippen LogP contribution in [-0.2, 0) is 0 Å². The minimum atomic E-state index is -0.701. The van der Waals surface area contributed by atoms with Crippen LogP contribution in [0, 0.1) is 16.0 Å². The first kappa shape index (κ1) is 14.2. The molecule has 1 aliphatic rings. The smallest absolute Gasteiger partial charge is 0.304 e. The van der Waals surface area contributed by atoms with E-state index in [-0.39, 0.29) is 11.6 Å². The molecule has 0 spiro atoms. The van der Waals surface area contributed by atoms with Crippen molar-refractivity contribution >= 4 is 22.0 Å². The van der Waals surface area contributed by atoms with Crippen LogP contribution in [0.1, 0.15) is 31.2 Å². The summed E-state index contributed by atoms with van der Waals surface area (Å²) >= 11 is 1.26. The van der Waals surface area contributed by atoms with Gasteiger partial charge in [-0.05, 0) is 20.3 Å². The van der Waals surface area contributed by atoms with E-state index in [1.165, 1.54) is 17.4 Å². The van der Waals surface area contributed by atoms with Crippen molar-refractivity contribution < 1.29 is 15.1 Å². The highest BCUT2D eigenvalue weighted by atomic mass is 32.1. The lowest BCUT2D eigenvalue weighted by Crippen LogP contribution is -2.23. The first-order chi connectivity index (χ1) is 8.90.